The van der Waals surface area contributed by atoms with E-state index in [2.05, 4.69) is 58.1 Å². The smallest absolute Gasteiger partial charge is 0.138 e. The molecule has 2 rings (SSSR count). The fourth-order valence-corrected chi connectivity index (χ4v) is 2.14. The van der Waals surface area contributed by atoms with Crippen LogP contribution in [0.15, 0.2) is 34.8 Å². The summed E-state index contributed by atoms with van der Waals surface area (Å²) in [6.07, 6.45) is 0. The highest BCUT2D eigenvalue weighted by molar-refractivity contribution is 9.10. The van der Waals surface area contributed by atoms with Crippen molar-refractivity contribution in [2.45, 2.75) is 32.7 Å². The summed E-state index contributed by atoms with van der Waals surface area (Å²) in [4.78, 5) is 8.83. The maximum absolute atomic E-state index is 5.85. The molecule has 1 aromatic carbocycles. The minimum absolute atomic E-state index is 0.126. The summed E-state index contributed by atoms with van der Waals surface area (Å²) >= 11 is 3.53. The Morgan fingerprint density at radius 3 is 2.55 bits per heavy atom. The molecule has 0 aliphatic rings. The van der Waals surface area contributed by atoms with Gasteiger partial charge < -0.3 is 11.1 Å². The van der Waals surface area contributed by atoms with E-state index in [1.54, 1.807) is 6.07 Å². The second-order valence-electron chi connectivity index (χ2n) is 5.70. The van der Waals surface area contributed by atoms with Crippen LogP contribution in [0.1, 0.15) is 32.2 Å². The molecule has 106 valence electrons. The van der Waals surface area contributed by atoms with Crippen molar-refractivity contribution in [1.82, 2.24) is 9.97 Å². The van der Waals surface area contributed by atoms with Crippen molar-refractivity contribution in [3.05, 3.63) is 46.2 Å². The zero-order valence-electron chi connectivity index (χ0n) is 11.9. The van der Waals surface area contributed by atoms with Crippen LogP contribution in [0.5, 0.6) is 0 Å². The Bertz CT molecular complexity index is 605. The predicted molar refractivity (Wildman–Crippen MR) is 86.6 cm³/mol. The lowest BCUT2D eigenvalue weighted by molar-refractivity contribution is 0.547. The molecule has 0 bridgehead atoms. The molecule has 0 saturated heterocycles. The third kappa shape index (κ3) is 3.70. The van der Waals surface area contributed by atoms with Crippen LogP contribution in [-0.2, 0) is 12.0 Å². The number of anilines is 2. The molecule has 4 nitrogen and oxygen atoms in total. The Hall–Kier alpha value is -1.62. The molecule has 0 amide bonds. The van der Waals surface area contributed by atoms with Gasteiger partial charge in [-0.3, -0.25) is 0 Å². The Labute approximate surface area is 128 Å². The number of hydrogen-bond acceptors (Lipinski definition) is 4. The van der Waals surface area contributed by atoms with E-state index in [0.717, 1.165) is 16.1 Å². The molecule has 0 aliphatic heterocycles. The minimum atomic E-state index is -0.126. The van der Waals surface area contributed by atoms with Gasteiger partial charge in [0, 0.05) is 22.5 Å². The van der Waals surface area contributed by atoms with E-state index in [1.807, 2.05) is 18.2 Å². The highest BCUT2D eigenvalue weighted by Gasteiger charge is 2.18. The van der Waals surface area contributed by atoms with Crippen LogP contribution >= 0.6 is 15.9 Å². The largest absolute Gasteiger partial charge is 0.384 e. The molecule has 0 atom stereocenters. The van der Waals surface area contributed by atoms with Gasteiger partial charge in [-0.1, -0.05) is 54.9 Å². The van der Waals surface area contributed by atoms with Gasteiger partial charge in [-0.25, -0.2) is 9.97 Å². The van der Waals surface area contributed by atoms with Gasteiger partial charge in [-0.05, 0) is 11.6 Å². The van der Waals surface area contributed by atoms with Gasteiger partial charge in [0.25, 0.3) is 0 Å². The van der Waals surface area contributed by atoms with Crippen LogP contribution in [0.25, 0.3) is 0 Å². The van der Waals surface area contributed by atoms with Gasteiger partial charge in [-0.2, -0.15) is 0 Å². The molecule has 0 spiro atoms. The van der Waals surface area contributed by atoms with E-state index in [9.17, 15) is 0 Å². The Morgan fingerprint density at radius 2 is 1.90 bits per heavy atom. The first-order valence-electron chi connectivity index (χ1n) is 6.48. The standard InChI is InChI=1S/C15H19BrN4/c1-15(2,3)14-19-12(17)8-13(20-14)18-9-10-6-4-5-7-11(10)16/h4-8H,9H2,1-3H3,(H3,17,18,19,20). The van der Waals surface area contributed by atoms with E-state index < -0.39 is 0 Å². The zero-order valence-corrected chi connectivity index (χ0v) is 13.5. The van der Waals surface area contributed by atoms with Crippen LogP contribution in [0.3, 0.4) is 0 Å². The monoisotopic (exact) mass is 334 g/mol. The molecule has 0 aliphatic carbocycles. The number of nitrogens with one attached hydrogen (secondary N) is 1. The predicted octanol–water partition coefficient (Wildman–Crippen LogP) is 3.73. The average molecular weight is 335 g/mol. The number of hydrogen-bond donors (Lipinski definition) is 2. The minimum Gasteiger partial charge on any atom is -0.384 e. The number of benzene rings is 1. The quantitative estimate of drug-likeness (QED) is 0.897. The van der Waals surface area contributed by atoms with Gasteiger partial charge in [0.2, 0.25) is 0 Å². The molecule has 20 heavy (non-hydrogen) atoms. The van der Waals surface area contributed by atoms with Crippen LogP contribution in [0, 0.1) is 0 Å². The average Bonchev–Trinajstić information content (AvgIpc) is 2.36. The summed E-state index contributed by atoms with van der Waals surface area (Å²) < 4.78 is 1.07. The van der Waals surface area contributed by atoms with Gasteiger partial charge in [-0.15, -0.1) is 0 Å². The number of nitrogen functional groups attached to an aromatic ring is 1. The molecule has 0 unspecified atom stereocenters. The van der Waals surface area contributed by atoms with Crippen molar-refractivity contribution in [1.29, 1.82) is 0 Å². The van der Waals surface area contributed by atoms with E-state index in [0.29, 0.717) is 12.4 Å². The van der Waals surface area contributed by atoms with E-state index in [1.165, 1.54) is 5.56 Å². The fourth-order valence-electron chi connectivity index (χ4n) is 1.72. The summed E-state index contributed by atoms with van der Waals surface area (Å²) in [5, 5.41) is 3.29. The molecular weight excluding hydrogens is 316 g/mol. The van der Waals surface area contributed by atoms with Crippen LogP contribution in [0.4, 0.5) is 11.6 Å². The first-order chi connectivity index (χ1) is 9.36. The van der Waals surface area contributed by atoms with Gasteiger partial charge >= 0.3 is 0 Å². The Kier molecular flexibility index (Phi) is 4.28. The first kappa shape index (κ1) is 14.8. The van der Waals surface area contributed by atoms with Crippen molar-refractivity contribution < 1.29 is 0 Å². The van der Waals surface area contributed by atoms with Crippen LogP contribution < -0.4 is 11.1 Å². The molecular formula is C15H19BrN4. The molecule has 2 aromatic rings. The molecule has 1 aromatic heterocycles. The summed E-state index contributed by atoms with van der Waals surface area (Å²) in [6, 6.07) is 9.84. The van der Waals surface area contributed by atoms with Gasteiger partial charge in [0.15, 0.2) is 0 Å². The van der Waals surface area contributed by atoms with Gasteiger partial charge in [0.1, 0.15) is 17.5 Å². The Morgan fingerprint density at radius 1 is 1.20 bits per heavy atom. The molecule has 0 saturated carbocycles. The normalized spacial score (nSPS) is 11.4. The number of aromatic nitrogens is 2. The third-order valence-electron chi connectivity index (χ3n) is 2.83. The SMILES string of the molecule is CC(C)(C)c1nc(N)cc(NCc2ccccc2Br)n1. The van der Waals surface area contributed by atoms with E-state index in [4.69, 9.17) is 5.73 Å². The lowest BCUT2D eigenvalue weighted by Crippen LogP contribution is -2.18. The maximum atomic E-state index is 5.85. The fraction of sp³-hybridized carbons (Fsp3) is 0.333. The van der Waals surface area contributed by atoms with Crippen LogP contribution in [-0.4, -0.2) is 9.97 Å². The summed E-state index contributed by atoms with van der Waals surface area (Å²) in [7, 11) is 0. The second kappa shape index (κ2) is 5.79. The number of nitrogens with two attached hydrogens (primary N) is 1. The lowest BCUT2D eigenvalue weighted by atomic mass is 9.96. The van der Waals surface area contributed by atoms with Crippen molar-refractivity contribution in [3.63, 3.8) is 0 Å². The highest BCUT2D eigenvalue weighted by Crippen LogP contribution is 2.22. The van der Waals surface area contributed by atoms with Crippen molar-refractivity contribution in [2.24, 2.45) is 0 Å². The second-order valence-corrected chi connectivity index (χ2v) is 6.55. The van der Waals surface area contributed by atoms with Crippen molar-refractivity contribution in [3.8, 4) is 0 Å². The zero-order chi connectivity index (χ0) is 14.8. The number of rotatable bonds is 3. The Balaban J connectivity index is 2.18. The topological polar surface area (TPSA) is 63.8 Å². The number of nitrogens with zero attached hydrogens (tertiary/aromatic N) is 2. The van der Waals surface area contributed by atoms with Gasteiger partial charge in [0.05, 0.1) is 0 Å². The van der Waals surface area contributed by atoms with Crippen LogP contribution in [0.2, 0.25) is 0 Å². The molecule has 5 heteroatoms. The first-order valence-corrected chi connectivity index (χ1v) is 7.28. The maximum Gasteiger partial charge on any atom is 0.138 e. The van der Waals surface area contributed by atoms with E-state index in [-0.39, 0.29) is 5.41 Å². The van der Waals surface area contributed by atoms with E-state index >= 15 is 0 Å². The third-order valence-corrected chi connectivity index (χ3v) is 3.61. The molecule has 1 heterocycles. The lowest BCUT2D eigenvalue weighted by Gasteiger charge is -2.18. The molecule has 0 fully saturated rings. The summed E-state index contributed by atoms with van der Waals surface area (Å²) in [5.74, 6) is 1.98. The highest BCUT2D eigenvalue weighted by atomic mass is 79.9. The summed E-state index contributed by atoms with van der Waals surface area (Å²) in [6.45, 7) is 6.89. The summed E-state index contributed by atoms with van der Waals surface area (Å²) in [5.41, 5.74) is 6.90. The van der Waals surface area contributed by atoms with Crippen molar-refractivity contribution >= 4 is 27.6 Å². The van der Waals surface area contributed by atoms with Crippen molar-refractivity contribution in [2.75, 3.05) is 11.1 Å². The molecule has 0 radical (unpaired) electrons. The molecule has 3 N–H and O–H groups in total. The number of halogens is 1.